The Balaban J connectivity index is 2.62. The van der Waals surface area contributed by atoms with E-state index in [4.69, 9.17) is 5.73 Å². The monoisotopic (exact) mass is 230 g/mol. The number of nitrogens with two attached hydrogens (primary N) is 1. The lowest BCUT2D eigenvalue weighted by Gasteiger charge is -2.47. The van der Waals surface area contributed by atoms with E-state index in [-0.39, 0.29) is 0 Å². The van der Waals surface area contributed by atoms with E-state index < -0.39 is 0 Å². The van der Waals surface area contributed by atoms with Crippen molar-refractivity contribution >= 4 is 11.8 Å². The smallest absolute Gasteiger partial charge is 0.0331 e. The second-order valence-electron chi connectivity index (χ2n) is 4.90. The van der Waals surface area contributed by atoms with Crippen molar-refractivity contribution in [2.24, 2.45) is 5.73 Å². The highest BCUT2D eigenvalue weighted by Crippen LogP contribution is 2.33. The van der Waals surface area contributed by atoms with Gasteiger partial charge < -0.3 is 5.73 Å². The predicted molar refractivity (Wildman–Crippen MR) is 70.5 cm³/mol. The van der Waals surface area contributed by atoms with Crippen LogP contribution in [0.25, 0.3) is 0 Å². The van der Waals surface area contributed by atoms with Gasteiger partial charge in [-0.1, -0.05) is 19.3 Å². The minimum atomic E-state index is 0.299. The Morgan fingerprint density at radius 3 is 2.40 bits per heavy atom. The van der Waals surface area contributed by atoms with Crippen LogP contribution in [0.15, 0.2) is 0 Å². The third kappa shape index (κ3) is 3.11. The molecule has 0 aromatic carbocycles. The van der Waals surface area contributed by atoms with Crippen LogP contribution in [0.5, 0.6) is 0 Å². The van der Waals surface area contributed by atoms with Crippen molar-refractivity contribution in [3.05, 3.63) is 0 Å². The van der Waals surface area contributed by atoms with Crippen LogP contribution in [0.4, 0.5) is 0 Å². The third-order valence-electron chi connectivity index (χ3n) is 3.98. The molecule has 1 fully saturated rings. The average Bonchev–Trinajstić information content (AvgIpc) is 2.29. The largest absolute Gasteiger partial charge is 0.329 e. The number of hydrogen-bond acceptors (Lipinski definition) is 3. The molecule has 2 N–H and O–H groups in total. The second kappa shape index (κ2) is 6.12. The summed E-state index contributed by atoms with van der Waals surface area (Å²) in [7, 11) is 2.26. The standard InChI is InChI=1S/C12H26N2S/c1-11(9-15-3)14(2)12(10-13)7-5-4-6-8-12/h11H,4-10,13H2,1-3H3. The molecule has 0 radical (unpaired) electrons. The van der Waals surface area contributed by atoms with Crippen molar-refractivity contribution in [3.8, 4) is 0 Å². The molecular weight excluding hydrogens is 204 g/mol. The summed E-state index contributed by atoms with van der Waals surface area (Å²) in [4.78, 5) is 2.54. The molecule has 1 aliphatic rings. The highest BCUT2D eigenvalue weighted by atomic mass is 32.2. The first-order valence-electron chi connectivity index (χ1n) is 6.08. The van der Waals surface area contributed by atoms with Crippen molar-refractivity contribution in [1.82, 2.24) is 4.90 Å². The first-order chi connectivity index (χ1) is 7.16. The van der Waals surface area contributed by atoms with Crippen LogP contribution in [0.1, 0.15) is 39.0 Å². The molecule has 1 saturated carbocycles. The van der Waals surface area contributed by atoms with Gasteiger partial charge in [-0.3, -0.25) is 4.90 Å². The quantitative estimate of drug-likeness (QED) is 0.786. The maximum atomic E-state index is 6.02. The fraction of sp³-hybridized carbons (Fsp3) is 1.00. The Bertz CT molecular complexity index is 178. The van der Waals surface area contributed by atoms with E-state index in [1.54, 1.807) is 0 Å². The van der Waals surface area contributed by atoms with Gasteiger partial charge in [-0.15, -0.1) is 0 Å². The normalized spacial score (nSPS) is 23.0. The molecule has 3 heteroatoms. The molecular formula is C12H26N2S. The summed E-state index contributed by atoms with van der Waals surface area (Å²) in [5.74, 6) is 1.21. The van der Waals surface area contributed by atoms with Gasteiger partial charge in [0.2, 0.25) is 0 Å². The lowest BCUT2D eigenvalue weighted by Crippen LogP contribution is -2.56. The highest BCUT2D eigenvalue weighted by molar-refractivity contribution is 7.98. The van der Waals surface area contributed by atoms with E-state index in [0.717, 1.165) is 6.54 Å². The van der Waals surface area contributed by atoms with Gasteiger partial charge in [0.25, 0.3) is 0 Å². The number of nitrogens with zero attached hydrogens (tertiary/aromatic N) is 1. The van der Waals surface area contributed by atoms with E-state index in [9.17, 15) is 0 Å². The summed E-state index contributed by atoms with van der Waals surface area (Å²) < 4.78 is 0. The third-order valence-corrected chi connectivity index (χ3v) is 4.80. The number of hydrogen-bond donors (Lipinski definition) is 1. The summed E-state index contributed by atoms with van der Waals surface area (Å²) in [6.07, 6.45) is 8.87. The molecule has 15 heavy (non-hydrogen) atoms. The minimum absolute atomic E-state index is 0.299. The lowest BCUT2D eigenvalue weighted by molar-refractivity contribution is 0.0576. The van der Waals surface area contributed by atoms with Gasteiger partial charge in [-0.25, -0.2) is 0 Å². The van der Waals surface area contributed by atoms with Crippen LogP contribution >= 0.6 is 11.8 Å². The molecule has 0 heterocycles. The van der Waals surface area contributed by atoms with E-state index in [1.807, 2.05) is 11.8 Å². The Hall–Kier alpha value is 0.270. The fourth-order valence-corrected chi connectivity index (χ4v) is 3.44. The maximum absolute atomic E-state index is 6.02. The van der Waals surface area contributed by atoms with E-state index in [2.05, 4.69) is 25.1 Å². The highest BCUT2D eigenvalue weighted by Gasteiger charge is 2.36. The van der Waals surface area contributed by atoms with Crippen LogP contribution < -0.4 is 5.73 Å². The molecule has 2 nitrogen and oxygen atoms in total. The van der Waals surface area contributed by atoms with Crippen molar-refractivity contribution in [1.29, 1.82) is 0 Å². The first-order valence-corrected chi connectivity index (χ1v) is 7.47. The predicted octanol–water partition coefficient (Wildman–Crippen LogP) is 2.33. The molecule has 1 atom stereocenters. The zero-order chi connectivity index (χ0) is 11.3. The van der Waals surface area contributed by atoms with Crippen LogP contribution in [-0.4, -0.2) is 42.1 Å². The van der Waals surface area contributed by atoms with Gasteiger partial charge in [0.15, 0.2) is 0 Å². The zero-order valence-electron chi connectivity index (χ0n) is 10.5. The Morgan fingerprint density at radius 1 is 1.33 bits per heavy atom. The summed E-state index contributed by atoms with van der Waals surface area (Å²) in [6.45, 7) is 3.14. The molecule has 90 valence electrons. The lowest BCUT2D eigenvalue weighted by atomic mass is 9.80. The van der Waals surface area contributed by atoms with Crippen molar-refractivity contribution in [2.75, 3.05) is 25.6 Å². The van der Waals surface area contributed by atoms with E-state index in [1.165, 1.54) is 37.9 Å². The molecule has 0 aromatic heterocycles. The summed E-state index contributed by atoms with van der Waals surface area (Å²) in [5, 5.41) is 0. The van der Waals surface area contributed by atoms with Gasteiger partial charge in [-0.05, 0) is 33.1 Å². The molecule has 0 aliphatic heterocycles. The van der Waals surface area contributed by atoms with Crippen LogP contribution in [0.3, 0.4) is 0 Å². The Labute approximate surface area is 99.0 Å². The zero-order valence-corrected chi connectivity index (χ0v) is 11.3. The molecule has 0 bridgehead atoms. The van der Waals surface area contributed by atoms with Crippen LogP contribution in [-0.2, 0) is 0 Å². The summed E-state index contributed by atoms with van der Waals surface area (Å²) in [5.41, 5.74) is 6.32. The fourth-order valence-electron chi connectivity index (χ4n) is 2.73. The number of thioether (sulfide) groups is 1. The van der Waals surface area contributed by atoms with Crippen molar-refractivity contribution in [2.45, 2.75) is 50.6 Å². The minimum Gasteiger partial charge on any atom is -0.329 e. The van der Waals surface area contributed by atoms with Crippen molar-refractivity contribution in [3.63, 3.8) is 0 Å². The van der Waals surface area contributed by atoms with Gasteiger partial charge in [0.1, 0.15) is 0 Å². The number of likely N-dealkylation sites (N-methyl/N-ethyl adjacent to an activating group) is 1. The number of rotatable bonds is 5. The van der Waals surface area contributed by atoms with Crippen LogP contribution in [0.2, 0.25) is 0 Å². The molecule has 0 saturated heterocycles. The molecule has 0 amide bonds. The van der Waals surface area contributed by atoms with E-state index in [0.29, 0.717) is 11.6 Å². The first kappa shape index (κ1) is 13.3. The second-order valence-corrected chi connectivity index (χ2v) is 5.82. The topological polar surface area (TPSA) is 29.3 Å². The van der Waals surface area contributed by atoms with E-state index >= 15 is 0 Å². The molecule has 0 spiro atoms. The van der Waals surface area contributed by atoms with Gasteiger partial charge in [0.05, 0.1) is 0 Å². The van der Waals surface area contributed by atoms with Crippen molar-refractivity contribution < 1.29 is 0 Å². The molecule has 0 aromatic rings. The SMILES string of the molecule is CSCC(C)N(C)C1(CN)CCCCC1. The molecule has 1 rings (SSSR count). The summed E-state index contributed by atoms with van der Waals surface area (Å²) in [6, 6.07) is 0.640. The Kier molecular flexibility index (Phi) is 5.44. The maximum Gasteiger partial charge on any atom is 0.0331 e. The molecule has 1 aliphatic carbocycles. The Morgan fingerprint density at radius 2 is 1.93 bits per heavy atom. The molecule has 1 unspecified atom stereocenters. The van der Waals surface area contributed by atoms with Crippen LogP contribution in [0, 0.1) is 0 Å². The average molecular weight is 230 g/mol. The van der Waals surface area contributed by atoms with Gasteiger partial charge >= 0.3 is 0 Å². The summed E-state index contributed by atoms with van der Waals surface area (Å²) >= 11 is 1.93. The van der Waals surface area contributed by atoms with Gasteiger partial charge in [-0.2, -0.15) is 11.8 Å². The van der Waals surface area contributed by atoms with Gasteiger partial charge in [0, 0.05) is 23.9 Å².